The summed E-state index contributed by atoms with van der Waals surface area (Å²) < 4.78 is 2.75. The molecule has 0 bridgehead atoms. The van der Waals surface area contributed by atoms with Crippen LogP contribution in [0.1, 0.15) is 12.8 Å². The lowest BCUT2D eigenvalue weighted by atomic mass is 10.2. The van der Waals surface area contributed by atoms with E-state index in [1.165, 1.54) is 0 Å². The molecule has 2 rings (SSSR count). The van der Waals surface area contributed by atoms with E-state index < -0.39 is 0 Å². The number of rotatable bonds is 4. The van der Waals surface area contributed by atoms with Gasteiger partial charge in [-0.05, 0) is 49.0 Å². The maximum absolute atomic E-state index is 12.2. The van der Waals surface area contributed by atoms with Crippen molar-refractivity contribution in [1.29, 1.82) is 0 Å². The zero-order valence-corrected chi connectivity index (χ0v) is 11.1. The Morgan fingerprint density at radius 1 is 1.24 bits per heavy atom. The molecule has 0 aliphatic rings. The Kier molecular flexibility index (Phi) is 3.97. The summed E-state index contributed by atoms with van der Waals surface area (Å²) in [6, 6.07) is 7.69. The number of aromatic nitrogens is 1. The molecule has 1 aromatic heterocycles. The molecule has 0 aliphatic heterocycles. The van der Waals surface area contributed by atoms with Crippen molar-refractivity contribution in [2.45, 2.75) is 19.4 Å². The maximum Gasteiger partial charge on any atom is 0.258 e. The largest absolute Gasteiger partial charge is 0.330 e. The number of hydrogen-bond donors (Lipinski definition) is 1. The van der Waals surface area contributed by atoms with Gasteiger partial charge in [-0.15, -0.1) is 0 Å². The molecule has 0 atom stereocenters. The number of aryl methyl sites for hydroxylation is 1. The Balaban J connectivity index is 2.37. The van der Waals surface area contributed by atoms with E-state index in [9.17, 15) is 4.79 Å². The number of hydrogen-bond acceptors (Lipinski definition) is 2. The average Bonchev–Trinajstić information content (AvgIpc) is 2.32. The molecular weight excluding hydrogens is 280 g/mol. The first-order valence-electron chi connectivity index (χ1n) is 5.71. The van der Waals surface area contributed by atoms with Crippen LogP contribution in [-0.4, -0.2) is 11.1 Å². The van der Waals surface area contributed by atoms with Gasteiger partial charge in [-0.1, -0.05) is 15.9 Å². The van der Waals surface area contributed by atoms with E-state index in [-0.39, 0.29) is 5.56 Å². The van der Waals surface area contributed by atoms with Gasteiger partial charge in [0.2, 0.25) is 0 Å². The van der Waals surface area contributed by atoms with E-state index in [0.717, 1.165) is 34.6 Å². The SMILES string of the molecule is NCCCCn1ccc2cc(Br)ccc2c1=O. The average molecular weight is 295 g/mol. The van der Waals surface area contributed by atoms with Crippen LogP contribution in [0.4, 0.5) is 0 Å². The third-order valence-corrected chi connectivity index (χ3v) is 3.29. The lowest BCUT2D eigenvalue weighted by molar-refractivity contribution is 0.602. The van der Waals surface area contributed by atoms with Gasteiger partial charge in [0.25, 0.3) is 5.56 Å². The van der Waals surface area contributed by atoms with E-state index in [1.54, 1.807) is 4.57 Å². The maximum atomic E-state index is 12.2. The van der Waals surface area contributed by atoms with Gasteiger partial charge in [-0.2, -0.15) is 0 Å². The Labute approximate surface area is 108 Å². The van der Waals surface area contributed by atoms with Gasteiger partial charge in [0.05, 0.1) is 0 Å². The fraction of sp³-hybridized carbons (Fsp3) is 0.308. The van der Waals surface area contributed by atoms with Gasteiger partial charge in [0.1, 0.15) is 0 Å². The van der Waals surface area contributed by atoms with Gasteiger partial charge in [0.15, 0.2) is 0 Å². The van der Waals surface area contributed by atoms with Crippen LogP contribution in [0.5, 0.6) is 0 Å². The summed E-state index contributed by atoms with van der Waals surface area (Å²) in [6.45, 7) is 1.41. The van der Waals surface area contributed by atoms with Gasteiger partial charge in [-0.3, -0.25) is 4.79 Å². The second kappa shape index (κ2) is 5.47. The highest BCUT2D eigenvalue weighted by Crippen LogP contribution is 2.16. The second-order valence-corrected chi connectivity index (χ2v) is 4.96. The third-order valence-electron chi connectivity index (χ3n) is 2.79. The molecule has 0 aliphatic carbocycles. The number of fused-ring (bicyclic) bond motifs is 1. The molecular formula is C13H15BrN2O. The molecule has 2 N–H and O–H groups in total. The predicted molar refractivity (Wildman–Crippen MR) is 74.2 cm³/mol. The van der Waals surface area contributed by atoms with Gasteiger partial charge in [0, 0.05) is 22.6 Å². The summed E-state index contributed by atoms with van der Waals surface area (Å²) in [4.78, 5) is 12.2. The summed E-state index contributed by atoms with van der Waals surface area (Å²) in [5, 5.41) is 1.74. The van der Waals surface area contributed by atoms with E-state index in [4.69, 9.17) is 5.73 Å². The van der Waals surface area contributed by atoms with Gasteiger partial charge < -0.3 is 10.3 Å². The minimum Gasteiger partial charge on any atom is -0.330 e. The number of benzene rings is 1. The molecule has 0 amide bonds. The van der Waals surface area contributed by atoms with Crippen molar-refractivity contribution in [3.8, 4) is 0 Å². The van der Waals surface area contributed by atoms with Gasteiger partial charge >= 0.3 is 0 Å². The molecule has 0 saturated carbocycles. The Hall–Kier alpha value is -1.13. The zero-order chi connectivity index (χ0) is 12.3. The standard InChI is InChI=1S/C13H15BrN2O/c14-11-3-4-12-10(9-11)5-8-16(13(12)17)7-2-1-6-15/h3-5,8-9H,1-2,6-7,15H2. The van der Waals surface area contributed by atoms with E-state index in [1.807, 2.05) is 30.5 Å². The van der Waals surface area contributed by atoms with Crippen LogP contribution in [0.2, 0.25) is 0 Å². The molecule has 0 spiro atoms. The fourth-order valence-electron chi connectivity index (χ4n) is 1.86. The van der Waals surface area contributed by atoms with Crippen LogP contribution in [0.3, 0.4) is 0 Å². The monoisotopic (exact) mass is 294 g/mol. The highest BCUT2D eigenvalue weighted by atomic mass is 79.9. The van der Waals surface area contributed by atoms with Crippen LogP contribution in [0.15, 0.2) is 39.7 Å². The molecule has 3 nitrogen and oxygen atoms in total. The van der Waals surface area contributed by atoms with Crippen LogP contribution in [0, 0.1) is 0 Å². The first-order valence-corrected chi connectivity index (χ1v) is 6.50. The van der Waals surface area contributed by atoms with E-state index in [2.05, 4.69) is 15.9 Å². The smallest absolute Gasteiger partial charge is 0.258 e. The number of nitrogens with two attached hydrogens (primary N) is 1. The Morgan fingerprint density at radius 2 is 2.06 bits per heavy atom. The summed E-state index contributed by atoms with van der Waals surface area (Å²) in [5.74, 6) is 0. The lowest BCUT2D eigenvalue weighted by Crippen LogP contribution is -2.19. The third kappa shape index (κ3) is 2.76. The quantitative estimate of drug-likeness (QED) is 0.881. The lowest BCUT2D eigenvalue weighted by Gasteiger charge is -2.06. The summed E-state index contributed by atoms with van der Waals surface area (Å²) >= 11 is 3.40. The van der Waals surface area contributed by atoms with Crippen LogP contribution >= 0.6 is 15.9 Å². The second-order valence-electron chi connectivity index (χ2n) is 4.04. The van der Waals surface area contributed by atoms with Crippen molar-refractivity contribution >= 4 is 26.7 Å². The number of unbranched alkanes of at least 4 members (excludes halogenated alkanes) is 1. The van der Waals surface area contributed by atoms with Crippen molar-refractivity contribution in [1.82, 2.24) is 4.57 Å². The first kappa shape index (κ1) is 12.3. The first-order chi connectivity index (χ1) is 8.22. The van der Waals surface area contributed by atoms with E-state index >= 15 is 0 Å². The molecule has 0 unspecified atom stereocenters. The van der Waals surface area contributed by atoms with Crippen molar-refractivity contribution in [2.24, 2.45) is 5.73 Å². The van der Waals surface area contributed by atoms with Crippen LogP contribution in [-0.2, 0) is 6.54 Å². The Morgan fingerprint density at radius 3 is 2.82 bits per heavy atom. The molecule has 1 aromatic carbocycles. The van der Waals surface area contributed by atoms with Gasteiger partial charge in [-0.25, -0.2) is 0 Å². The molecule has 90 valence electrons. The molecule has 17 heavy (non-hydrogen) atoms. The summed E-state index contributed by atoms with van der Waals surface area (Å²) in [7, 11) is 0. The molecule has 0 radical (unpaired) electrons. The summed E-state index contributed by atoms with van der Waals surface area (Å²) in [6.07, 6.45) is 3.75. The molecule has 0 fully saturated rings. The fourth-order valence-corrected chi connectivity index (χ4v) is 2.24. The molecule has 1 heterocycles. The predicted octanol–water partition coefficient (Wildman–Crippen LogP) is 2.50. The van der Waals surface area contributed by atoms with Crippen molar-refractivity contribution < 1.29 is 0 Å². The van der Waals surface area contributed by atoms with Crippen molar-refractivity contribution in [2.75, 3.05) is 6.54 Å². The topological polar surface area (TPSA) is 48.0 Å². The minimum atomic E-state index is 0.0759. The van der Waals surface area contributed by atoms with Crippen molar-refractivity contribution in [3.05, 3.63) is 45.3 Å². The number of pyridine rings is 1. The van der Waals surface area contributed by atoms with Crippen LogP contribution in [0.25, 0.3) is 10.8 Å². The highest BCUT2D eigenvalue weighted by molar-refractivity contribution is 9.10. The number of nitrogens with zero attached hydrogens (tertiary/aromatic N) is 1. The van der Waals surface area contributed by atoms with Crippen molar-refractivity contribution in [3.63, 3.8) is 0 Å². The minimum absolute atomic E-state index is 0.0759. The molecule has 0 saturated heterocycles. The zero-order valence-electron chi connectivity index (χ0n) is 9.53. The number of halogens is 1. The van der Waals surface area contributed by atoms with Crippen LogP contribution < -0.4 is 11.3 Å². The molecule has 4 heteroatoms. The molecule has 2 aromatic rings. The Bertz CT molecular complexity index is 577. The van der Waals surface area contributed by atoms with E-state index in [0.29, 0.717) is 6.54 Å². The normalized spacial score (nSPS) is 10.9. The summed E-state index contributed by atoms with van der Waals surface area (Å²) in [5.41, 5.74) is 5.52. The highest BCUT2D eigenvalue weighted by Gasteiger charge is 2.02.